The summed E-state index contributed by atoms with van der Waals surface area (Å²) in [6.07, 6.45) is 1.58. The Morgan fingerprint density at radius 1 is 0.805 bits per heavy atom. The van der Waals surface area contributed by atoms with E-state index < -0.39 is 11.8 Å². The molecule has 0 aromatic heterocycles. The van der Waals surface area contributed by atoms with Crippen LogP contribution in [-0.2, 0) is 16.2 Å². The van der Waals surface area contributed by atoms with E-state index in [1.807, 2.05) is 98.8 Å². The van der Waals surface area contributed by atoms with Gasteiger partial charge in [-0.05, 0) is 102 Å². The van der Waals surface area contributed by atoms with Crippen LogP contribution < -0.4 is 19.3 Å². The van der Waals surface area contributed by atoms with Crippen molar-refractivity contribution in [2.45, 2.75) is 20.5 Å². The highest BCUT2D eigenvalue weighted by Crippen LogP contribution is 2.36. The van der Waals surface area contributed by atoms with E-state index in [1.54, 1.807) is 19.3 Å². The van der Waals surface area contributed by atoms with E-state index in [9.17, 15) is 9.59 Å². The largest absolute Gasteiger partial charge is 0.493 e. The first-order valence-corrected chi connectivity index (χ1v) is 14.4. The van der Waals surface area contributed by atoms with Crippen LogP contribution in [0, 0.1) is 17.4 Å². The van der Waals surface area contributed by atoms with Gasteiger partial charge in [-0.1, -0.05) is 65.7 Å². The molecule has 0 saturated carbocycles. The molecular weight excluding hydrogens is 647 g/mol. The smallest absolute Gasteiger partial charge is 0.270 e. The van der Waals surface area contributed by atoms with Gasteiger partial charge in [0.15, 0.2) is 16.6 Å². The molecule has 0 spiro atoms. The Hall–Kier alpha value is -4.02. The van der Waals surface area contributed by atoms with Crippen molar-refractivity contribution in [3.8, 4) is 11.5 Å². The molecule has 2 amide bonds. The lowest BCUT2D eigenvalue weighted by atomic mass is 10.0. The second-order valence-corrected chi connectivity index (χ2v) is 11.1. The summed E-state index contributed by atoms with van der Waals surface area (Å²) in [6, 6.07) is 28.4. The fraction of sp³-hybridized carbons (Fsp3) is 0.121. The summed E-state index contributed by atoms with van der Waals surface area (Å²) < 4.78 is 12.5. The highest BCUT2D eigenvalue weighted by atomic mass is 127. The van der Waals surface area contributed by atoms with Crippen molar-refractivity contribution in [2.75, 3.05) is 16.9 Å². The molecule has 8 heteroatoms. The summed E-state index contributed by atoms with van der Waals surface area (Å²) in [4.78, 5) is 30.6. The van der Waals surface area contributed by atoms with Crippen molar-refractivity contribution in [2.24, 2.45) is 0 Å². The minimum absolute atomic E-state index is 0.0180. The molecule has 1 fully saturated rings. The maximum absolute atomic E-state index is 13.9. The third-order valence-corrected chi connectivity index (χ3v) is 7.79. The van der Waals surface area contributed by atoms with Gasteiger partial charge in [0.25, 0.3) is 11.8 Å². The SMILES string of the molecule is COc1cc(C=C2C(=O)N(c3ccc(C)cc3)C(=S)N(c3ccc(C)cc3)C2=O)cc(I)c1OCc1ccccc1. The number of aryl methyl sites for hydroxylation is 2. The summed E-state index contributed by atoms with van der Waals surface area (Å²) in [7, 11) is 1.56. The molecule has 41 heavy (non-hydrogen) atoms. The van der Waals surface area contributed by atoms with Crippen molar-refractivity contribution in [1.82, 2.24) is 0 Å². The van der Waals surface area contributed by atoms with E-state index in [4.69, 9.17) is 21.7 Å². The average Bonchev–Trinajstić information content (AvgIpc) is 2.97. The first kappa shape index (κ1) is 28.5. The average molecular weight is 675 g/mol. The summed E-state index contributed by atoms with van der Waals surface area (Å²) in [5.74, 6) is 0.0945. The van der Waals surface area contributed by atoms with Gasteiger partial charge in [-0.25, -0.2) is 0 Å². The van der Waals surface area contributed by atoms with Crippen LogP contribution in [0.15, 0.2) is 96.6 Å². The van der Waals surface area contributed by atoms with Crippen LogP contribution in [0.1, 0.15) is 22.3 Å². The minimum Gasteiger partial charge on any atom is -0.493 e. The Bertz CT molecular complexity index is 1580. The van der Waals surface area contributed by atoms with Crippen molar-refractivity contribution < 1.29 is 19.1 Å². The fourth-order valence-corrected chi connectivity index (χ4v) is 5.59. The van der Waals surface area contributed by atoms with Crippen LogP contribution in [0.25, 0.3) is 6.08 Å². The predicted molar refractivity (Wildman–Crippen MR) is 174 cm³/mol. The molecule has 0 radical (unpaired) electrons. The normalized spacial score (nSPS) is 13.5. The zero-order chi connectivity index (χ0) is 29.1. The number of thiocarbonyl (C=S) groups is 1. The van der Waals surface area contributed by atoms with Gasteiger partial charge in [0.2, 0.25) is 0 Å². The molecule has 0 atom stereocenters. The van der Waals surface area contributed by atoms with Gasteiger partial charge in [-0.15, -0.1) is 0 Å². The van der Waals surface area contributed by atoms with E-state index in [1.165, 1.54) is 9.80 Å². The lowest BCUT2D eigenvalue weighted by Gasteiger charge is -2.36. The van der Waals surface area contributed by atoms with Crippen molar-refractivity contribution >= 4 is 69.2 Å². The van der Waals surface area contributed by atoms with Crippen LogP contribution in [0.3, 0.4) is 0 Å². The topological polar surface area (TPSA) is 59.1 Å². The summed E-state index contributed by atoms with van der Waals surface area (Å²) >= 11 is 7.91. The number of benzene rings is 4. The van der Waals surface area contributed by atoms with E-state index in [-0.39, 0.29) is 10.7 Å². The number of halogens is 1. The molecule has 5 rings (SSSR count). The van der Waals surface area contributed by atoms with E-state index >= 15 is 0 Å². The Balaban J connectivity index is 1.56. The summed E-state index contributed by atoms with van der Waals surface area (Å²) in [6.45, 7) is 4.31. The number of hydrogen-bond donors (Lipinski definition) is 0. The number of hydrogen-bond acceptors (Lipinski definition) is 5. The number of methoxy groups -OCH3 is 1. The molecule has 6 nitrogen and oxygen atoms in total. The third-order valence-electron chi connectivity index (χ3n) is 6.62. The number of amides is 2. The monoisotopic (exact) mass is 674 g/mol. The van der Waals surface area contributed by atoms with E-state index in [0.717, 1.165) is 20.3 Å². The molecule has 0 bridgehead atoms. The Morgan fingerprint density at radius 2 is 1.34 bits per heavy atom. The molecule has 1 aliphatic heterocycles. The first-order chi connectivity index (χ1) is 19.8. The zero-order valence-electron chi connectivity index (χ0n) is 22.8. The van der Waals surface area contributed by atoms with Crippen molar-refractivity contribution in [1.29, 1.82) is 0 Å². The number of ether oxygens (including phenoxy) is 2. The van der Waals surface area contributed by atoms with Gasteiger partial charge >= 0.3 is 0 Å². The molecule has 4 aromatic rings. The second-order valence-electron chi connectivity index (χ2n) is 9.60. The lowest BCUT2D eigenvalue weighted by molar-refractivity contribution is -0.120. The maximum Gasteiger partial charge on any atom is 0.270 e. The molecule has 206 valence electrons. The number of anilines is 2. The van der Waals surface area contributed by atoms with Crippen molar-refractivity contribution in [3.63, 3.8) is 0 Å². The first-order valence-electron chi connectivity index (χ1n) is 12.9. The molecule has 0 N–H and O–H groups in total. The molecular formula is C33H27IN2O4S. The Morgan fingerprint density at radius 3 is 1.85 bits per heavy atom. The second kappa shape index (κ2) is 12.2. The highest BCUT2D eigenvalue weighted by molar-refractivity contribution is 14.1. The van der Waals surface area contributed by atoms with E-state index in [0.29, 0.717) is 35.0 Å². The van der Waals surface area contributed by atoms with Crippen LogP contribution in [0.5, 0.6) is 11.5 Å². The number of nitrogens with zero attached hydrogens (tertiary/aromatic N) is 2. The molecule has 0 unspecified atom stereocenters. The highest BCUT2D eigenvalue weighted by Gasteiger charge is 2.41. The van der Waals surface area contributed by atoms with Gasteiger partial charge in [0.05, 0.1) is 22.1 Å². The van der Waals surface area contributed by atoms with Gasteiger partial charge < -0.3 is 9.47 Å². The molecule has 1 heterocycles. The predicted octanol–water partition coefficient (Wildman–Crippen LogP) is 7.24. The number of rotatable bonds is 7. The van der Waals surface area contributed by atoms with Gasteiger partial charge in [0, 0.05) is 0 Å². The lowest BCUT2D eigenvalue weighted by Crippen LogP contribution is -2.56. The van der Waals surface area contributed by atoms with Crippen LogP contribution in [0.4, 0.5) is 11.4 Å². The summed E-state index contributed by atoms with van der Waals surface area (Å²) in [5, 5.41) is 0.0988. The third kappa shape index (κ3) is 6.03. The Kier molecular flexibility index (Phi) is 8.51. The number of carbonyl (C=O) groups excluding carboxylic acids is 2. The van der Waals surface area contributed by atoms with E-state index in [2.05, 4.69) is 22.6 Å². The standard InChI is InChI=1S/C33H27IN2O4S/c1-21-9-13-25(14-10-21)35-31(37)27(32(38)36(33(35)41)26-15-11-22(2)12-16-26)17-24-18-28(34)30(29(19-24)39-3)40-20-23-7-5-4-6-8-23/h4-19H,20H2,1-3H3. The molecule has 1 saturated heterocycles. The van der Waals surface area contributed by atoms with Crippen LogP contribution >= 0.6 is 34.8 Å². The zero-order valence-corrected chi connectivity index (χ0v) is 25.7. The quantitative estimate of drug-likeness (QED) is 0.0896. The molecule has 1 aliphatic rings. The van der Waals surface area contributed by atoms with Gasteiger partial charge in [-0.3, -0.25) is 19.4 Å². The molecule has 4 aromatic carbocycles. The van der Waals surface area contributed by atoms with Crippen LogP contribution in [-0.4, -0.2) is 24.0 Å². The molecule has 0 aliphatic carbocycles. The summed E-state index contributed by atoms with van der Waals surface area (Å²) in [5.41, 5.74) is 4.88. The van der Waals surface area contributed by atoms with Crippen LogP contribution in [0.2, 0.25) is 0 Å². The fourth-order valence-electron chi connectivity index (χ4n) is 4.43. The van der Waals surface area contributed by atoms with Crippen molar-refractivity contribution in [3.05, 3.63) is 122 Å². The minimum atomic E-state index is -0.495. The Labute approximate surface area is 258 Å². The maximum atomic E-state index is 13.9. The number of carbonyl (C=O) groups is 2. The van der Waals surface area contributed by atoms with Gasteiger partial charge in [-0.2, -0.15) is 0 Å². The van der Waals surface area contributed by atoms with Gasteiger partial charge in [0.1, 0.15) is 12.2 Å².